The summed E-state index contributed by atoms with van der Waals surface area (Å²) in [6, 6.07) is 7.26. The number of carboxylic acid groups (broad SMARTS) is 1. The SMILES string of the molecule is O=C(O)c1cc(Cl)c2oc3c(Cl)cccc3c(=O)c2c1. The number of fused-ring (bicyclic) bond motifs is 2. The summed E-state index contributed by atoms with van der Waals surface area (Å²) in [7, 11) is 0. The average molecular weight is 309 g/mol. The molecule has 0 bridgehead atoms. The maximum Gasteiger partial charge on any atom is 0.335 e. The van der Waals surface area contributed by atoms with Crippen molar-refractivity contribution in [2.75, 3.05) is 0 Å². The summed E-state index contributed by atoms with van der Waals surface area (Å²) in [6.07, 6.45) is 0. The second-order valence-electron chi connectivity index (χ2n) is 4.19. The van der Waals surface area contributed by atoms with Crippen molar-refractivity contribution in [2.45, 2.75) is 0 Å². The molecule has 0 radical (unpaired) electrons. The zero-order chi connectivity index (χ0) is 14.4. The predicted octanol–water partition coefficient (Wildman–Crippen LogP) is 3.95. The number of para-hydroxylation sites is 1. The van der Waals surface area contributed by atoms with E-state index in [0.717, 1.165) is 0 Å². The largest absolute Gasteiger partial charge is 0.478 e. The van der Waals surface area contributed by atoms with Crippen LogP contribution in [0.25, 0.3) is 21.9 Å². The van der Waals surface area contributed by atoms with Crippen molar-refractivity contribution in [1.29, 1.82) is 0 Å². The van der Waals surface area contributed by atoms with E-state index in [0.29, 0.717) is 5.02 Å². The third-order valence-electron chi connectivity index (χ3n) is 2.95. The van der Waals surface area contributed by atoms with Crippen LogP contribution in [0.3, 0.4) is 0 Å². The Bertz CT molecular complexity index is 928. The molecule has 2 aromatic carbocycles. The lowest BCUT2D eigenvalue weighted by atomic mass is 10.1. The maximum atomic E-state index is 12.4. The molecule has 0 saturated carbocycles. The van der Waals surface area contributed by atoms with Gasteiger partial charge in [0.15, 0.2) is 11.2 Å². The van der Waals surface area contributed by atoms with E-state index in [4.69, 9.17) is 32.7 Å². The molecule has 0 saturated heterocycles. The van der Waals surface area contributed by atoms with Crippen molar-refractivity contribution in [3.05, 3.63) is 56.2 Å². The van der Waals surface area contributed by atoms with Gasteiger partial charge in [-0.3, -0.25) is 4.79 Å². The van der Waals surface area contributed by atoms with Gasteiger partial charge in [-0.05, 0) is 24.3 Å². The Labute approximate surface area is 122 Å². The zero-order valence-electron chi connectivity index (χ0n) is 9.81. The van der Waals surface area contributed by atoms with Crippen LogP contribution in [0.15, 0.2) is 39.5 Å². The summed E-state index contributed by atoms with van der Waals surface area (Å²) < 4.78 is 5.57. The van der Waals surface area contributed by atoms with Gasteiger partial charge in [0.05, 0.1) is 26.4 Å². The molecule has 4 nitrogen and oxygen atoms in total. The van der Waals surface area contributed by atoms with E-state index >= 15 is 0 Å². The van der Waals surface area contributed by atoms with Crippen molar-refractivity contribution >= 4 is 51.1 Å². The van der Waals surface area contributed by atoms with Crippen LogP contribution in [0.5, 0.6) is 0 Å². The summed E-state index contributed by atoms with van der Waals surface area (Å²) in [6.45, 7) is 0. The zero-order valence-corrected chi connectivity index (χ0v) is 11.3. The van der Waals surface area contributed by atoms with E-state index in [1.165, 1.54) is 12.1 Å². The Morgan fingerprint density at radius 2 is 1.75 bits per heavy atom. The Hall–Kier alpha value is -2.04. The van der Waals surface area contributed by atoms with Gasteiger partial charge < -0.3 is 9.52 Å². The highest BCUT2D eigenvalue weighted by atomic mass is 35.5. The molecule has 0 amide bonds. The van der Waals surface area contributed by atoms with E-state index < -0.39 is 5.97 Å². The van der Waals surface area contributed by atoms with Gasteiger partial charge in [-0.15, -0.1) is 0 Å². The summed E-state index contributed by atoms with van der Waals surface area (Å²) in [5.74, 6) is -1.17. The summed E-state index contributed by atoms with van der Waals surface area (Å²) in [5, 5.41) is 9.75. The highest BCUT2D eigenvalue weighted by molar-refractivity contribution is 6.36. The first-order chi connectivity index (χ1) is 9.49. The van der Waals surface area contributed by atoms with Crippen LogP contribution in [0, 0.1) is 0 Å². The quantitative estimate of drug-likeness (QED) is 0.691. The van der Waals surface area contributed by atoms with Crippen molar-refractivity contribution in [1.82, 2.24) is 0 Å². The van der Waals surface area contributed by atoms with E-state index in [2.05, 4.69) is 0 Å². The molecule has 0 atom stereocenters. The molecule has 20 heavy (non-hydrogen) atoms. The molecule has 1 N–H and O–H groups in total. The predicted molar refractivity (Wildman–Crippen MR) is 77.0 cm³/mol. The van der Waals surface area contributed by atoms with Crippen LogP contribution in [0.2, 0.25) is 10.0 Å². The Morgan fingerprint density at radius 1 is 1.05 bits per heavy atom. The number of carboxylic acids is 1. The molecule has 100 valence electrons. The first kappa shape index (κ1) is 13.0. The van der Waals surface area contributed by atoms with Crippen molar-refractivity contribution in [3.63, 3.8) is 0 Å². The fourth-order valence-electron chi connectivity index (χ4n) is 2.03. The summed E-state index contributed by atoms with van der Waals surface area (Å²) >= 11 is 12.0. The first-order valence-corrected chi connectivity index (χ1v) is 6.32. The van der Waals surface area contributed by atoms with Crippen LogP contribution in [-0.4, -0.2) is 11.1 Å². The number of rotatable bonds is 1. The molecule has 0 fully saturated rings. The van der Waals surface area contributed by atoms with Gasteiger partial charge in [-0.25, -0.2) is 4.79 Å². The molecule has 0 aliphatic carbocycles. The lowest BCUT2D eigenvalue weighted by molar-refractivity contribution is 0.0697. The Kier molecular flexibility index (Phi) is 2.92. The number of aromatic carboxylic acids is 1. The normalized spacial score (nSPS) is 11.1. The van der Waals surface area contributed by atoms with Crippen LogP contribution < -0.4 is 5.43 Å². The molecule has 0 aliphatic rings. The number of halogens is 2. The van der Waals surface area contributed by atoms with Gasteiger partial charge in [0.2, 0.25) is 5.43 Å². The average Bonchev–Trinajstić information content (AvgIpc) is 2.41. The van der Waals surface area contributed by atoms with Crippen molar-refractivity contribution in [3.8, 4) is 0 Å². The second-order valence-corrected chi connectivity index (χ2v) is 5.00. The van der Waals surface area contributed by atoms with Crippen molar-refractivity contribution in [2.24, 2.45) is 0 Å². The van der Waals surface area contributed by atoms with E-state index in [9.17, 15) is 9.59 Å². The molecule has 1 heterocycles. The summed E-state index contributed by atoms with van der Waals surface area (Å²) in [5.41, 5.74) is -0.0798. The fourth-order valence-corrected chi connectivity index (χ4v) is 2.50. The monoisotopic (exact) mass is 308 g/mol. The lowest BCUT2D eigenvalue weighted by Gasteiger charge is -2.05. The molecule has 0 unspecified atom stereocenters. The van der Waals surface area contributed by atoms with Gasteiger partial charge in [0.25, 0.3) is 0 Å². The third-order valence-corrected chi connectivity index (χ3v) is 3.53. The highest BCUT2D eigenvalue weighted by Crippen LogP contribution is 2.29. The lowest BCUT2D eigenvalue weighted by Crippen LogP contribution is -2.05. The number of benzene rings is 2. The highest BCUT2D eigenvalue weighted by Gasteiger charge is 2.15. The number of carbonyl (C=O) groups is 1. The minimum atomic E-state index is -1.17. The number of hydrogen-bond donors (Lipinski definition) is 1. The minimum absolute atomic E-state index is 0.0545. The van der Waals surface area contributed by atoms with Gasteiger partial charge in [0.1, 0.15) is 0 Å². The van der Waals surface area contributed by atoms with Crippen LogP contribution >= 0.6 is 23.2 Å². The van der Waals surface area contributed by atoms with Crippen LogP contribution in [0.4, 0.5) is 0 Å². The van der Waals surface area contributed by atoms with E-state index in [1.807, 2.05) is 0 Å². The Morgan fingerprint density at radius 3 is 2.45 bits per heavy atom. The molecular weight excluding hydrogens is 303 g/mol. The second kappa shape index (κ2) is 4.51. The van der Waals surface area contributed by atoms with Gasteiger partial charge >= 0.3 is 5.97 Å². The minimum Gasteiger partial charge on any atom is -0.478 e. The van der Waals surface area contributed by atoms with Crippen LogP contribution in [-0.2, 0) is 0 Å². The molecule has 6 heteroatoms. The summed E-state index contributed by atoms with van der Waals surface area (Å²) in [4.78, 5) is 23.4. The molecule has 0 aliphatic heterocycles. The van der Waals surface area contributed by atoms with Crippen LogP contribution in [0.1, 0.15) is 10.4 Å². The molecule has 3 rings (SSSR count). The molecule has 0 spiro atoms. The molecule has 1 aromatic heterocycles. The van der Waals surface area contributed by atoms with Gasteiger partial charge in [-0.1, -0.05) is 29.3 Å². The number of hydrogen-bond acceptors (Lipinski definition) is 3. The van der Waals surface area contributed by atoms with Crippen molar-refractivity contribution < 1.29 is 14.3 Å². The van der Waals surface area contributed by atoms with E-state index in [-0.39, 0.29) is 38.0 Å². The smallest absolute Gasteiger partial charge is 0.335 e. The molecular formula is C14H6Cl2O4. The topological polar surface area (TPSA) is 67.5 Å². The third kappa shape index (κ3) is 1.85. The first-order valence-electron chi connectivity index (χ1n) is 5.57. The van der Waals surface area contributed by atoms with Gasteiger partial charge in [0, 0.05) is 0 Å². The van der Waals surface area contributed by atoms with E-state index in [1.54, 1.807) is 18.2 Å². The molecule has 3 aromatic rings. The maximum absolute atomic E-state index is 12.4. The Balaban J connectivity index is 2.57. The van der Waals surface area contributed by atoms with Gasteiger partial charge in [-0.2, -0.15) is 0 Å². The fraction of sp³-hybridized carbons (Fsp3) is 0. The standard InChI is InChI=1S/C14H6Cl2O4/c15-9-3-1-2-7-11(17)8-4-6(14(18)19)5-10(16)13(8)20-12(7)9/h1-5H,(H,18,19).